The first-order valence-electron chi connectivity index (χ1n) is 7.25. The molecule has 2 rings (SSSR count). The van der Waals surface area contributed by atoms with Gasteiger partial charge >= 0.3 is 0 Å². The van der Waals surface area contributed by atoms with E-state index in [0.29, 0.717) is 13.1 Å². The van der Waals surface area contributed by atoms with E-state index in [-0.39, 0.29) is 30.3 Å². The molecule has 5 nitrogen and oxygen atoms in total. The van der Waals surface area contributed by atoms with Crippen LogP contribution >= 0.6 is 11.6 Å². The summed E-state index contributed by atoms with van der Waals surface area (Å²) in [5.74, 6) is -1.56. The maximum atomic E-state index is 14.2. The van der Waals surface area contributed by atoms with Gasteiger partial charge in [0.05, 0.1) is 11.8 Å². The number of anilines is 1. The van der Waals surface area contributed by atoms with Crippen molar-refractivity contribution in [2.75, 3.05) is 23.9 Å². The van der Waals surface area contributed by atoms with Gasteiger partial charge in [0.1, 0.15) is 17.2 Å². The molecule has 7 heteroatoms. The minimum absolute atomic E-state index is 0.0379. The summed E-state index contributed by atoms with van der Waals surface area (Å²) in [5, 5.41) is 9.72. The Morgan fingerprint density at radius 1 is 1.39 bits per heavy atom. The third kappa shape index (κ3) is 3.30. The van der Waals surface area contributed by atoms with Crippen molar-refractivity contribution in [2.45, 2.75) is 25.3 Å². The predicted molar refractivity (Wildman–Crippen MR) is 84.4 cm³/mol. The molecule has 0 N–H and O–H groups in total. The SMILES string of the molecule is CC(=O)N1CCC(C#N)(N(C(=O)CCl)c2ccccc2F)CC1. The summed E-state index contributed by atoms with van der Waals surface area (Å²) in [7, 11) is 0. The second kappa shape index (κ2) is 6.97. The number of rotatable bonds is 3. The molecule has 1 aliphatic rings. The maximum Gasteiger partial charge on any atom is 0.243 e. The van der Waals surface area contributed by atoms with Crippen LogP contribution in [0.5, 0.6) is 0 Å². The van der Waals surface area contributed by atoms with Crippen molar-refractivity contribution in [1.82, 2.24) is 4.90 Å². The quantitative estimate of drug-likeness (QED) is 0.795. The van der Waals surface area contributed by atoms with E-state index in [1.165, 1.54) is 25.1 Å². The molecule has 1 saturated heterocycles. The highest BCUT2D eigenvalue weighted by molar-refractivity contribution is 6.29. The summed E-state index contributed by atoms with van der Waals surface area (Å²) in [6.45, 7) is 2.13. The summed E-state index contributed by atoms with van der Waals surface area (Å²) >= 11 is 5.68. The summed E-state index contributed by atoms with van der Waals surface area (Å²) < 4.78 is 14.2. The average Bonchev–Trinajstić information content (AvgIpc) is 2.57. The minimum atomic E-state index is -1.21. The van der Waals surface area contributed by atoms with Crippen LogP contribution < -0.4 is 4.90 Å². The molecule has 0 spiro atoms. The molecule has 1 aromatic rings. The van der Waals surface area contributed by atoms with Crippen molar-refractivity contribution in [2.24, 2.45) is 0 Å². The van der Waals surface area contributed by atoms with Gasteiger partial charge in [-0.05, 0) is 12.1 Å². The van der Waals surface area contributed by atoms with Crippen LogP contribution in [0.25, 0.3) is 0 Å². The molecule has 0 radical (unpaired) electrons. The number of carbonyl (C=O) groups excluding carboxylic acids is 2. The highest BCUT2D eigenvalue weighted by Crippen LogP contribution is 2.34. The zero-order valence-corrected chi connectivity index (χ0v) is 13.5. The summed E-state index contributed by atoms with van der Waals surface area (Å²) in [5.41, 5.74) is -1.17. The van der Waals surface area contributed by atoms with Gasteiger partial charge in [0.15, 0.2) is 0 Å². The number of para-hydroxylation sites is 1. The molecule has 0 atom stereocenters. The van der Waals surface area contributed by atoms with E-state index in [9.17, 15) is 19.2 Å². The molecule has 23 heavy (non-hydrogen) atoms. The number of carbonyl (C=O) groups is 2. The fourth-order valence-corrected chi connectivity index (χ4v) is 2.99. The lowest BCUT2D eigenvalue weighted by molar-refractivity contribution is -0.130. The Morgan fingerprint density at radius 3 is 2.48 bits per heavy atom. The van der Waals surface area contributed by atoms with Gasteiger partial charge in [-0.15, -0.1) is 11.6 Å². The van der Waals surface area contributed by atoms with E-state index in [2.05, 4.69) is 6.07 Å². The van der Waals surface area contributed by atoms with Crippen LogP contribution in [0.3, 0.4) is 0 Å². The minimum Gasteiger partial charge on any atom is -0.343 e. The molecule has 0 aromatic heterocycles. The van der Waals surface area contributed by atoms with E-state index < -0.39 is 17.3 Å². The number of alkyl halides is 1. The molecule has 1 heterocycles. The highest BCUT2D eigenvalue weighted by atomic mass is 35.5. The standard InChI is InChI=1S/C16H17ClFN3O2/c1-12(22)20-8-6-16(11-19,7-9-20)21(15(23)10-17)14-5-3-2-4-13(14)18/h2-5H,6-10H2,1H3. The predicted octanol–water partition coefficient (Wildman–Crippen LogP) is 2.30. The van der Waals surface area contributed by atoms with Crippen LogP contribution in [0, 0.1) is 17.1 Å². The van der Waals surface area contributed by atoms with Gasteiger partial charge in [-0.25, -0.2) is 4.39 Å². The number of halogens is 2. The van der Waals surface area contributed by atoms with Gasteiger partial charge in [0.2, 0.25) is 11.8 Å². The van der Waals surface area contributed by atoms with Gasteiger partial charge in [0.25, 0.3) is 0 Å². The van der Waals surface area contributed by atoms with E-state index in [1.54, 1.807) is 11.0 Å². The normalized spacial score (nSPS) is 16.5. The number of piperidine rings is 1. The zero-order chi connectivity index (χ0) is 17.0. The molecule has 0 saturated carbocycles. The van der Waals surface area contributed by atoms with E-state index >= 15 is 0 Å². The Bertz CT molecular complexity index is 651. The van der Waals surface area contributed by atoms with Gasteiger partial charge in [-0.3, -0.25) is 14.5 Å². The van der Waals surface area contributed by atoms with Crippen LogP contribution in [0.4, 0.5) is 10.1 Å². The van der Waals surface area contributed by atoms with Gasteiger partial charge in [-0.1, -0.05) is 12.1 Å². The maximum absolute atomic E-state index is 14.2. The Morgan fingerprint density at radius 2 is 2.00 bits per heavy atom. The molecular weight excluding hydrogens is 321 g/mol. The van der Waals surface area contributed by atoms with Crippen LogP contribution in [-0.2, 0) is 9.59 Å². The fraction of sp³-hybridized carbons (Fsp3) is 0.438. The third-order valence-corrected chi connectivity index (χ3v) is 4.36. The van der Waals surface area contributed by atoms with Crippen molar-refractivity contribution in [3.05, 3.63) is 30.1 Å². The lowest BCUT2D eigenvalue weighted by atomic mass is 9.86. The van der Waals surface area contributed by atoms with Crippen LogP contribution in [0.2, 0.25) is 0 Å². The van der Waals surface area contributed by atoms with Gasteiger partial charge in [-0.2, -0.15) is 5.26 Å². The number of nitriles is 1. The van der Waals surface area contributed by atoms with Crippen molar-refractivity contribution < 1.29 is 14.0 Å². The van der Waals surface area contributed by atoms with Crippen molar-refractivity contribution in [3.63, 3.8) is 0 Å². The van der Waals surface area contributed by atoms with Crippen molar-refractivity contribution in [1.29, 1.82) is 5.26 Å². The first-order valence-corrected chi connectivity index (χ1v) is 7.79. The van der Waals surface area contributed by atoms with Crippen LogP contribution in [0.15, 0.2) is 24.3 Å². The molecule has 1 aromatic carbocycles. The second-order valence-corrected chi connectivity index (χ2v) is 5.73. The number of amides is 2. The Hall–Kier alpha value is -2.13. The number of hydrogen-bond donors (Lipinski definition) is 0. The fourth-order valence-electron chi connectivity index (χ4n) is 2.87. The average molecular weight is 338 g/mol. The molecule has 122 valence electrons. The lowest BCUT2D eigenvalue weighted by Crippen LogP contribution is -2.58. The molecule has 0 unspecified atom stereocenters. The van der Waals surface area contributed by atoms with E-state index in [1.807, 2.05) is 0 Å². The Labute approximate surface area is 139 Å². The second-order valence-electron chi connectivity index (χ2n) is 5.46. The topological polar surface area (TPSA) is 64.4 Å². The van der Waals surface area contributed by atoms with Gasteiger partial charge < -0.3 is 4.90 Å². The lowest BCUT2D eigenvalue weighted by Gasteiger charge is -2.44. The summed E-state index contributed by atoms with van der Waals surface area (Å²) in [6.07, 6.45) is 0.500. The monoisotopic (exact) mass is 337 g/mol. The molecule has 2 amide bonds. The first-order chi connectivity index (χ1) is 10.9. The van der Waals surface area contributed by atoms with E-state index in [4.69, 9.17) is 11.6 Å². The smallest absolute Gasteiger partial charge is 0.243 e. The number of likely N-dealkylation sites (tertiary alicyclic amines) is 1. The van der Waals surface area contributed by atoms with Crippen molar-refractivity contribution >= 4 is 29.1 Å². The van der Waals surface area contributed by atoms with Crippen LogP contribution in [-0.4, -0.2) is 41.2 Å². The first kappa shape index (κ1) is 17.2. The zero-order valence-electron chi connectivity index (χ0n) is 12.8. The molecule has 0 bridgehead atoms. The molecular formula is C16H17ClFN3O2. The summed E-state index contributed by atoms with van der Waals surface area (Å²) in [4.78, 5) is 26.6. The number of hydrogen-bond acceptors (Lipinski definition) is 3. The van der Waals surface area contributed by atoms with Gasteiger partial charge in [0, 0.05) is 32.9 Å². The Balaban J connectivity index is 2.42. The van der Waals surface area contributed by atoms with Crippen LogP contribution in [0.1, 0.15) is 19.8 Å². The third-order valence-electron chi connectivity index (χ3n) is 4.13. The highest BCUT2D eigenvalue weighted by Gasteiger charge is 2.44. The van der Waals surface area contributed by atoms with E-state index in [0.717, 1.165) is 4.90 Å². The largest absolute Gasteiger partial charge is 0.343 e. The Kier molecular flexibility index (Phi) is 5.22. The molecule has 1 fully saturated rings. The number of benzene rings is 1. The molecule has 1 aliphatic heterocycles. The van der Waals surface area contributed by atoms with Crippen molar-refractivity contribution in [3.8, 4) is 6.07 Å². The number of nitrogens with zero attached hydrogens (tertiary/aromatic N) is 3. The summed E-state index contributed by atoms with van der Waals surface area (Å²) in [6, 6.07) is 7.96. The molecule has 0 aliphatic carbocycles.